The normalized spacial score (nSPS) is 15.9. The van der Waals surface area contributed by atoms with E-state index in [4.69, 9.17) is 10.5 Å². The summed E-state index contributed by atoms with van der Waals surface area (Å²) >= 11 is 0. The molecular formula is C30H37FN4O3. The van der Waals surface area contributed by atoms with Crippen LogP contribution in [-0.4, -0.2) is 46.9 Å². The van der Waals surface area contributed by atoms with Crippen LogP contribution in [0.1, 0.15) is 49.4 Å². The van der Waals surface area contributed by atoms with Crippen LogP contribution in [0.5, 0.6) is 5.75 Å². The minimum atomic E-state index is -0.728. The van der Waals surface area contributed by atoms with Crippen molar-refractivity contribution in [2.45, 2.75) is 50.9 Å². The van der Waals surface area contributed by atoms with Gasteiger partial charge in [-0.2, -0.15) is 0 Å². The van der Waals surface area contributed by atoms with Gasteiger partial charge in [-0.25, -0.2) is 9.37 Å². The van der Waals surface area contributed by atoms with E-state index in [1.54, 1.807) is 30.6 Å². The first-order chi connectivity index (χ1) is 18.4. The summed E-state index contributed by atoms with van der Waals surface area (Å²) < 4.78 is 20.2. The maximum absolute atomic E-state index is 14.9. The van der Waals surface area contributed by atoms with Crippen molar-refractivity contribution in [2.24, 2.45) is 17.6 Å². The first-order valence-electron chi connectivity index (χ1n) is 13.3. The number of likely N-dealkylation sites (tertiary alicyclic amines) is 1. The van der Waals surface area contributed by atoms with Gasteiger partial charge in [-0.05, 0) is 42.2 Å². The molecule has 2 heterocycles. The fourth-order valence-corrected chi connectivity index (χ4v) is 5.63. The minimum Gasteiger partial charge on any atom is -0.497 e. The van der Waals surface area contributed by atoms with E-state index in [0.717, 1.165) is 36.9 Å². The molecule has 1 aliphatic rings. The number of amides is 2. The number of H-pyrrole nitrogens is 1. The Kier molecular flexibility index (Phi) is 8.81. The van der Waals surface area contributed by atoms with Gasteiger partial charge in [0.2, 0.25) is 11.8 Å². The maximum atomic E-state index is 14.9. The van der Waals surface area contributed by atoms with Gasteiger partial charge in [0.1, 0.15) is 11.6 Å². The zero-order chi connectivity index (χ0) is 27.1. The number of carbonyl (C=O) groups excluding carboxylic acids is 2. The number of nitrogens with one attached hydrogen (secondary N) is 1. The van der Waals surface area contributed by atoms with Crippen LogP contribution in [-0.2, 0) is 27.8 Å². The van der Waals surface area contributed by atoms with Crippen LogP contribution in [0.2, 0.25) is 0 Å². The molecule has 1 unspecified atom stereocenters. The van der Waals surface area contributed by atoms with E-state index in [-0.39, 0.29) is 18.1 Å². The van der Waals surface area contributed by atoms with Gasteiger partial charge >= 0.3 is 0 Å². The molecule has 0 radical (unpaired) electrons. The lowest BCUT2D eigenvalue weighted by Crippen LogP contribution is -2.63. The number of hydrogen-bond donors (Lipinski definition) is 2. The molecule has 4 rings (SSSR count). The van der Waals surface area contributed by atoms with Gasteiger partial charge in [0.15, 0.2) is 0 Å². The summed E-state index contributed by atoms with van der Waals surface area (Å²) in [6.07, 6.45) is 7.71. The molecule has 0 saturated carbocycles. The lowest BCUT2D eigenvalue weighted by atomic mass is 9.69. The average molecular weight is 521 g/mol. The molecule has 2 atom stereocenters. The molecule has 2 aromatic carbocycles. The van der Waals surface area contributed by atoms with E-state index in [2.05, 4.69) is 16.9 Å². The van der Waals surface area contributed by atoms with Crippen molar-refractivity contribution in [1.82, 2.24) is 14.9 Å². The zero-order valence-corrected chi connectivity index (χ0v) is 22.2. The largest absolute Gasteiger partial charge is 0.497 e. The Morgan fingerprint density at radius 3 is 2.45 bits per heavy atom. The average Bonchev–Trinajstić information content (AvgIpc) is 3.41. The molecule has 1 fully saturated rings. The second-order valence-corrected chi connectivity index (χ2v) is 10.4. The van der Waals surface area contributed by atoms with Crippen LogP contribution in [0.3, 0.4) is 0 Å². The number of halogens is 1. The maximum Gasteiger partial charge on any atom is 0.226 e. The van der Waals surface area contributed by atoms with E-state index in [0.29, 0.717) is 30.8 Å². The summed E-state index contributed by atoms with van der Waals surface area (Å²) in [6, 6.07) is 14.3. The SMILES string of the molecule is CCCCCC1(c2ccccc2F)CN(C(=O)[C@H](Cc2ccc(OC)cc2)C(Cc2cnc[nH]2)C(N)=O)C1. The molecule has 202 valence electrons. The summed E-state index contributed by atoms with van der Waals surface area (Å²) in [4.78, 5) is 35.6. The summed E-state index contributed by atoms with van der Waals surface area (Å²) in [5, 5.41) is 0. The number of benzene rings is 2. The number of aromatic nitrogens is 2. The Balaban J connectivity index is 1.60. The number of methoxy groups -OCH3 is 1. The summed E-state index contributed by atoms with van der Waals surface area (Å²) in [5.41, 5.74) is 7.77. The number of hydrogen-bond acceptors (Lipinski definition) is 4. The van der Waals surface area contributed by atoms with Crippen molar-refractivity contribution in [3.63, 3.8) is 0 Å². The van der Waals surface area contributed by atoms with Crippen molar-refractivity contribution < 1.29 is 18.7 Å². The molecule has 2 amide bonds. The number of primary amides is 1. The van der Waals surface area contributed by atoms with Crippen molar-refractivity contribution in [3.05, 3.63) is 83.7 Å². The van der Waals surface area contributed by atoms with Gasteiger partial charge < -0.3 is 20.4 Å². The van der Waals surface area contributed by atoms with Crippen LogP contribution >= 0.6 is 0 Å². The van der Waals surface area contributed by atoms with E-state index in [1.165, 1.54) is 6.07 Å². The zero-order valence-electron chi connectivity index (χ0n) is 22.2. The summed E-state index contributed by atoms with van der Waals surface area (Å²) in [6.45, 7) is 2.98. The highest BCUT2D eigenvalue weighted by atomic mass is 19.1. The molecule has 1 aliphatic heterocycles. The number of carbonyl (C=O) groups is 2. The molecule has 38 heavy (non-hydrogen) atoms. The molecule has 1 aromatic heterocycles. The molecule has 3 aromatic rings. The van der Waals surface area contributed by atoms with Crippen molar-refractivity contribution in [1.29, 1.82) is 0 Å². The summed E-state index contributed by atoms with van der Waals surface area (Å²) in [5.74, 6) is -1.58. The quantitative estimate of drug-likeness (QED) is 0.326. The lowest BCUT2D eigenvalue weighted by Gasteiger charge is -2.52. The standard InChI is InChI=1S/C30H37FN4O3/c1-3-4-7-14-30(26-8-5-6-9-27(26)31)18-35(19-30)29(37)25(15-21-10-12-23(38-2)13-11-21)24(28(32)36)16-22-17-33-20-34-22/h5-6,8-13,17,20,24-25H,3-4,7,14-16,18-19H2,1-2H3,(H2,32,36)(H,33,34)/t24?,25-/m1/s1. The second kappa shape index (κ2) is 12.2. The highest BCUT2D eigenvalue weighted by molar-refractivity contribution is 5.88. The van der Waals surface area contributed by atoms with E-state index in [9.17, 15) is 14.0 Å². The van der Waals surface area contributed by atoms with Crippen LogP contribution in [0.4, 0.5) is 4.39 Å². The molecule has 0 aliphatic carbocycles. The number of imidazole rings is 1. The van der Waals surface area contributed by atoms with Crippen LogP contribution < -0.4 is 10.5 Å². The van der Waals surface area contributed by atoms with E-state index in [1.807, 2.05) is 36.4 Å². The highest BCUT2D eigenvalue weighted by Gasteiger charge is 2.49. The Bertz CT molecular complexity index is 1210. The third-order valence-corrected chi connectivity index (χ3v) is 7.78. The smallest absolute Gasteiger partial charge is 0.226 e. The number of rotatable bonds is 13. The third kappa shape index (κ3) is 6.06. The van der Waals surface area contributed by atoms with Crippen LogP contribution in [0.25, 0.3) is 0 Å². The second-order valence-electron chi connectivity index (χ2n) is 10.4. The van der Waals surface area contributed by atoms with E-state index < -0.39 is 23.2 Å². The molecular weight excluding hydrogens is 483 g/mol. The van der Waals surface area contributed by atoms with Crippen molar-refractivity contribution >= 4 is 11.8 Å². The Labute approximate surface area is 223 Å². The first-order valence-corrected chi connectivity index (χ1v) is 13.3. The van der Waals surface area contributed by atoms with Crippen LogP contribution in [0, 0.1) is 17.7 Å². The van der Waals surface area contributed by atoms with Gasteiger partial charge in [-0.15, -0.1) is 0 Å². The number of ether oxygens (including phenoxy) is 1. The van der Waals surface area contributed by atoms with Crippen molar-refractivity contribution in [2.75, 3.05) is 20.2 Å². The monoisotopic (exact) mass is 520 g/mol. The van der Waals surface area contributed by atoms with Gasteiger partial charge in [0.05, 0.1) is 25.3 Å². The Morgan fingerprint density at radius 2 is 1.84 bits per heavy atom. The van der Waals surface area contributed by atoms with Gasteiger partial charge in [-0.3, -0.25) is 9.59 Å². The van der Waals surface area contributed by atoms with Gasteiger partial charge in [-0.1, -0.05) is 56.5 Å². The number of nitrogens with zero attached hydrogens (tertiary/aromatic N) is 2. The minimum absolute atomic E-state index is 0.133. The fourth-order valence-electron chi connectivity index (χ4n) is 5.63. The topological polar surface area (TPSA) is 101 Å². The fraction of sp³-hybridized carbons (Fsp3) is 0.433. The summed E-state index contributed by atoms with van der Waals surface area (Å²) in [7, 11) is 1.60. The molecule has 0 spiro atoms. The van der Waals surface area contributed by atoms with Gasteiger partial charge in [0.25, 0.3) is 0 Å². The Hall–Kier alpha value is -3.68. The first kappa shape index (κ1) is 27.4. The molecule has 7 nitrogen and oxygen atoms in total. The van der Waals surface area contributed by atoms with Crippen LogP contribution in [0.15, 0.2) is 61.1 Å². The molecule has 0 bridgehead atoms. The predicted molar refractivity (Wildman–Crippen MR) is 144 cm³/mol. The molecule has 3 N–H and O–H groups in total. The number of unbranched alkanes of at least 4 members (excludes halogenated alkanes) is 2. The molecule has 1 saturated heterocycles. The van der Waals surface area contributed by atoms with E-state index >= 15 is 0 Å². The Morgan fingerprint density at radius 1 is 1.11 bits per heavy atom. The highest BCUT2D eigenvalue weighted by Crippen LogP contribution is 2.42. The van der Waals surface area contributed by atoms with Crippen molar-refractivity contribution in [3.8, 4) is 5.75 Å². The lowest BCUT2D eigenvalue weighted by molar-refractivity contribution is -0.148. The number of aromatic amines is 1. The number of nitrogens with two attached hydrogens (primary N) is 1. The predicted octanol–water partition coefficient (Wildman–Crippen LogP) is 4.42. The molecule has 8 heteroatoms. The third-order valence-electron chi connectivity index (χ3n) is 7.78. The van der Waals surface area contributed by atoms with Gasteiger partial charge in [0, 0.05) is 36.8 Å².